The van der Waals surface area contributed by atoms with Crippen molar-refractivity contribution in [3.8, 4) is 11.5 Å². The number of phenols is 1. The van der Waals surface area contributed by atoms with E-state index < -0.39 is 0 Å². The Labute approximate surface area is 80.3 Å². The summed E-state index contributed by atoms with van der Waals surface area (Å²) < 4.78 is 5.73. The molecule has 12 heavy (non-hydrogen) atoms. The van der Waals surface area contributed by atoms with E-state index in [1.165, 1.54) is 0 Å². The largest absolute Gasteiger partial charge is 0.503 e. The first kappa shape index (κ1) is 9.39. The van der Waals surface area contributed by atoms with E-state index in [-0.39, 0.29) is 5.75 Å². The smallest absolute Gasteiger partial charge is 0.172 e. The van der Waals surface area contributed by atoms with Gasteiger partial charge in [0.25, 0.3) is 0 Å². The fourth-order valence-electron chi connectivity index (χ4n) is 1.18. The van der Waals surface area contributed by atoms with Crippen molar-refractivity contribution in [2.45, 2.75) is 13.8 Å². The average molecular weight is 231 g/mol. The molecule has 3 heteroatoms. The third-order valence-electron chi connectivity index (χ3n) is 1.76. The Morgan fingerprint density at radius 1 is 1.33 bits per heavy atom. The Balaban J connectivity index is 3.40. The second-order valence-electron chi connectivity index (χ2n) is 2.71. The molecule has 0 amide bonds. The fraction of sp³-hybridized carbons (Fsp3) is 0.333. The lowest BCUT2D eigenvalue weighted by Crippen LogP contribution is -1.90. The van der Waals surface area contributed by atoms with Crippen LogP contribution in [-0.2, 0) is 0 Å². The molecular formula is C9H11BrO2. The van der Waals surface area contributed by atoms with Crippen LogP contribution in [0.2, 0.25) is 0 Å². The van der Waals surface area contributed by atoms with Crippen molar-refractivity contribution in [3.05, 3.63) is 21.7 Å². The van der Waals surface area contributed by atoms with Crippen LogP contribution in [0.5, 0.6) is 11.5 Å². The molecule has 1 N–H and O–H groups in total. The van der Waals surface area contributed by atoms with Crippen LogP contribution < -0.4 is 4.74 Å². The van der Waals surface area contributed by atoms with Gasteiger partial charge in [0.1, 0.15) is 0 Å². The van der Waals surface area contributed by atoms with Gasteiger partial charge in [0.05, 0.1) is 11.6 Å². The molecule has 0 bridgehead atoms. The quantitative estimate of drug-likeness (QED) is 0.805. The van der Waals surface area contributed by atoms with Crippen LogP contribution in [0, 0.1) is 13.8 Å². The van der Waals surface area contributed by atoms with Gasteiger partial charge >= 0.3 is 0 Å². The molecule has 0 aliphatic heterocycles. The summed E-state index contributed by atoms with van der Waals surface area (Å²) in [6, 6.07) is 1.96. The van der Waals surface area contributed by atoms with Crippen LogP contribution in [0.25, 0.3) is 0 Å². The number of halogens is 1. The van der Waals surface area contributed by atoms with E-state index in [1.807, 2.05) is 19.9 Å². The van der Waals surface area contributed by atoms with Crippen LogP contribution in [0.1, 0.15) is 11.1 Å². The van der Waals surface area contributed by atoms with Crippen LogP contribution in [-0.4, -0.2) is 12.2 Å². The number of aryl methyl sites for hydroxylation is 2. The molecule has 0 heterocycles. The molecule has 1 rings (SSSR count). The van der Waals surface area contributed by atoms with Gasteiger partial charge in [-0.2, -0.15) is 0 Å². The Morgan fingerprint density at radius 2 is 1.92 bits per heavy atom. The van der Waals surface area contributed by atoms with Gasteiger partial charge in [-0.25, -0.2) is 0 Å². The molecule has 66 valence electrons. The first-order valence-electron chi connectivity index (χ1n) is 3.60. The summed E-state index contributed by atoms with van der Waals surface area (Å²) in [6.45, 7) is 3.83. The van der Waals surface area contributed by atoms with Gasteiger partial charge < -0.3 is 9.84 Å². The second-order valence-corrected chi connectivity index (χ2v) is 3.50. The average Bonchev–Trinajstić information content (AvgIpc) is 2.01. The molecule has 0 saturated heterocycles. The Kier molecular flexibility index (Phi) is 2.62. The standard InChI is InChI=1S/C9H11BrO2/c1-5-4-6(2)9(12-3)8(11)7(5)10/h4,11H,1-3H3. The highest BCUT2D eigenvalue weighted by Gasteiger charge is 2.11. The Morgan fingerprint density at radius 3 is 2.42 bits per heavy atom. The van der Waals surface area contributed by atoms with Crippen LogP contribution >= 0.6 is 15.9 Å². The monoisotopic (exact) mass is 230 g/mol. The van der Waals surface area contributed by atoms with Crippen LogP contribution in [0.15, 0.2) is 10.5 Å². The normalized spacial score (nSPS) is 10.0. The molecule has 1 aromatic rings. The topological polar surface area (TPSA) is 29.5 Å². The lowest BCUT2D eigenvalue weighted by Gasteiger charge is -2.10. The molecule has 0 spiro atoms. The summed E-state index contributed by atoms with van der Waals surface area (Å²) >= 11 is 3.27. The highest BCUT2D eigenvalue weighted by atomic mass is 79.9. The SMILES string of the molecule is COc1c(C)cc(C)c(Br)c1O. The number of phenolic OH excluding ortho intramolecular Hbond substituents is 1. The zero-order valence-corrected chi connectivity index (χ0v) is 8.90. The Hall–Kier alpha value is -0.700. The number of benzene rings is 1. The van der Waals surface area contributed by atoms with E-state index in [4.69, 9.17) is 4.74 Å². The van der Waals surface area contributed by atoms with Gasteiger partial charge in [-0.15, -0.1) is 0 Å². The number of methoxy groups -OCH3 is 1. The van der Waals surface area contributed by atoms with E-state index in [9.17, 15) is 5.11 Å². The first-order valence-corrected chi connectivity index (χ1v) is 4.40. The summed E-state index contributed by atoms with van der Waals surface area (Å²) in [7, 11) is 1.55. The fourth-order valence-corrected chi connectivity index (χ4v) is 1.48. The summed E-state index contributed by atoms with van der Waals surface area (Å²) in [5.74, 6) is 0.711. The van der Waals surface area contributed by atoms with Crippen molar-refractivity contribution >= 4 is 15.9 Å². The van der Waals surface area contributed by atoms with Crippen LogP contribution in [0.3, 0.4) is 0 Å². The molecule has 0 aromatic heterocycles. The van der Waals surface area contributed by atoms with Crippen molar-refractivity contribution in [1.29, 1.82) is 0 Å². The minimum atomic E-state index is 0.176. The molecule has 1 aromatic carbocycles. The maximum absolute atomic E-state index is 9.59. The molecule has 0 unspecified atom stereocenters. The third-order valence-corrected chi connectivity index (χ3v) is 2.77. The van der Waals surface area contributed by atoms with Gasteiger partial charge in [0, 0.05) is 0 Å². The van der Waals surface area contributed by atoms with Crippen LogP contribution in [0.4, 0.5) is 0 Å². The first-order chi connectivity index (χ1) is 5.57. The maximum Gasteiger partial charge on any atom is 0.172 e. The number of rotatable bonds is 1. The number of hydrogen-bond donors (Lipinski definition) is 1. The van der Waals surface area contributed by atoms with E-state index in [1.54, 1.807) is 7.11 Å². The highest BCUT2D eigenvalue weighted by molar-refractivity contribution is 9.10. The summed E-state index contributed by atoms with van der Waals surface area (Å²) in [5.41, 5.74) is 1.95. The van der Waals surface area contributed by atoms with Crippen molar-refractivity contribution in [2.75, 3.05) is 7.11 Å². The number of ether oxygens (including phenoxy) is 1. The zero-order chi connectivity index (χ0) is 9.30. The molecular weight excluding hydrogens is 220 g/mol. The molecule has 0 aliphatic rings. The minimum Gasteiger partial charge on any atom is -0.503 e. The van der Waals surface area contributed by atoms with E-state index in [0.29, 0.717) is 10.2 Å². The number of aromatic hydroxyl groups is 1. The predicted molar refractivity (Wildman–Crippen MR) is 51.8 cm³/mol. The molecule has 0 saturated carbocycles. The van der Waals surface area contributed by atoms with Crippen molar-refractivity contribution in [1.82, 2.24) is 0 Å². The second kappa shape index (κ2) is 3.35. The molecule has 0 fully saturated rings. The summed E-state index contributed by atoms with van der Waals surface area (Å²) in [6.07, 6.45) is 0. The summed E-state index contributed by atoms with van der Waals surface area (Å²) in [5, 5.41) is 9.59. The van der Waals surface area contributed by atoms with E-state index >= 15 is 0 Å². The Bertz CT molecular complexity index is 308. The lowest BCUT2D eigenvalue weighted by molar-refractivity contribution is 0.369. The van der Waals surface area contributed by atoms with Gasteiger partial charge in [-0.05, 0) is 40.9 Å². The van der Waals surface area contributed by atoms with E-state index in [0.717, 1.165) is 11.1 Å². The van der Waals surface area contributed by atoms with Crippen molar-refractivity contribution in [2.24, 2.45) is 0 Å². The molecule has 0 radical (unpaired) electrons. The van der Waals surface area contributed by atoms with E-state index in [2.05, 4.69) is 15.9 Å². The molecule has 0 aliphatic carbocycles. The lowest BCUT2D eigenvalue weighted by atomic mass is 10.1. The number of hydrogen-bond acceptors (Lipinski definition) is 2. The third kappa shape index (κ3) is 1.41. The minimum absolute atomic E-state index is 0.176. The van der Waals surface area contributed by atoms with Gasteiger partial charge in [-0.1, -0.05) is 6.07 Å². The van der Waals surface area contributed by atoms with Gasteiger partial charge in [0.2, 0.25) is 0 Å². The van der Waals surface area contributed by atoms with Crippen molar-refractivity contribution in [3.63, 3.8) is 0 Å². The molecule has 0 atom stereocenters. The summed E-state index contributed by atoms with van der Waals surface area (Å²) in [4.78, 5) is 0. The predicted octanol–water partition coefficient (Wildman–Crippen LogP) is 2.78. The van der Waals surface area contributed by atoms with Gasteiger partial charge in [0.15, 0.2) is 11.5 Å². The van der Waals surface area contributed by atoms with Gasteiger partial charge in [-0.3, -0.25) is 0 Å². The zero-order valence-electron chi connectivity index (χ0n) is 7.31. The highest BCUT2D eigenvalue weighted by Crippen LogP contribution is 2.38. The maximum atomic E-state index is 9.59. The molecule has 2 nitrogen and oxygen atoms in total. The van der Waals surface area contributed by atoms with Crippen molar-refractivity contribution < 1.29 is 9.84 Å².